The summed E-state index contributed by atoms with van der Waals surface area (Å²) in [5.41, 5.74) is 1.45. The molecule has 0 aliphatic carbocycles. The Labute approximate surface area is 110 Å². The quantitative estimate of drug-likeness (QED) is 0.882. The van der Waals surface area contributed by atoms with Crippen LogP contribution < -0.4 is 10.1 Å². The van der Waals surface area contributed by atoms with E-state index in [4.69, 9.17) is 4.74 Å². The normalized spacial score (nSPS) is 11.2. The van der Waals surface area contributed by atoms with E-state index >= 15 is 0 Å². The van der Waals surface area contributed by atoms with Crippen molar-refractivity contribution < 1.29 is 9.53 Å². The second kappa shape index (κ2) is 5.89. The number of ether oxygens (including phenoxy) is 1. The maximum absolute atomic E-state index is 12.0. The third-order valence-electron chi connectivity index (χ3n) is 2.53. The van der Waals surface area contributed by atoms with Gasteiger partial charge < -0.3 is 10.1 Å². The first-order valence-corrected chi connectivity index (χ1v) is 6.39. The van der Waals surface area contributed by atoms with Crippen LogP contribution in [0.15, 0.2) is 18.2 Å². The first kappa shape index (κ1) is 14.6. The molecule has 0 aliphatic rings. The molecular weight excluding hydrogens is 226 g/mol. The van der Waals surface area contributed by atoms with Gasteiger partial charge in [-0.15, -0.1) is 0 Å². The molecule has 3 nitrogen and oxygen atoms in total. The topological polar surface area (TPSA) is 38.3 Å². The molecular formula is C15H23NO2. The average molecular weight is 249 g/mol. The Bertz CT molecular complexity index is 419. The van der Waals surface area contributed by atoms with E-state index in [1.54, 1.807) is 0 Å². The van der Waals surface area contributed by atoms with Crippen LogP contribution in [0.2, 0.25) is 0 Å². The molecule has 0 unspecified atom stereocenters. The highest BCUT2D eigenvalue weighted by molar-refractivity contribution is 5.95. The highest BCUT2D eigenvalue weighted by Gasteiger charge is 2.22. The third kappa shape index (κ3) is 4.06. The fourth-order valence-corrected chi connectivity index (χ4v) is 1.37. The molecule has 0 saturated carbocycles. The van der Waals surface area contributed by atoms with E-state index in [-0.39, 0.29) is 5.91 Å². The number of benzene rings is 1. The van der Waals surface area contributed by atoms with Gasteiger partial charge in [0, 0.05) is 5.41 Å². The second-order valence-corrected chi connectivity index (χ2v) is 5.55. The Morgan fingerprint density at radius 2 is 2.00 bits per heavy atom. The van der Waals surface area contributed by atoms with E-state index in [0.29, 0.717) is 6.61 Å². The van der Waals surface area contributed by atoms with Gasteiger partial charge in [0.25, 0.3) is 0 Å². The Kier molecular flexibility index (Phi) is 4.76. The highest BCUT2D eigenvalue weighted by atomic mass is 16.5. The third-order valence-corrected chi connectivity index (χ3v) is 2.53. The molecule has 0 atom stereocenters. The molecule has 0 fully saturated rings. The minimum Gasteiger partial charge on any atom is -0.491 e. The molecule has 18 heavy (non-hydrogen) atoms. The number of rotatable bonds is 4. The minimum atomic E-state index is -0.410. The van der Waals surface area contributed by atoms with Gasteiger partial charge in [-0.25, -0.2) is 0 Å². The van der Waals surface area contributed by atoms with Gasteiger partial charge in [-0.3, -0.25) is 4.79 Å². The number of aryl methyl sites for hydroxylation is 1. The summed E-state index contributed by atoms with van der Waals surface area (Å²) >= 11 is 0. The largest absolute Gasteiger partial charge is 0.491 e. The Morgan fingerprint density at radius 1 is 1.33 bits per heavy atom. The zero-order chi connectivity index (χ0) is 13.8. The molecule has 1 rings (SSSR count). The SMILES string of the molecule is CCCOc1cc(C)ccc1NC(=O)C(C)(C)C. The summed E-state index contributed by atoms with van der Waals surface area (Å²) in [6.07, 6.45) is 0.945. The average Bonchev–Trinajstić information content (AvgIpc) is 2.28. The fourth-order valence-electron chi connectivity index (χ4n) is 1.37. The lowest BCUT2D eigenvalue weighted by Crippen LogP contribution is -2.27. The predicted octanol–water partition coefficient (Wildman–Crippen LogP) is 3.77. The van der Waals surface area contributed by atoms with Gasteiger partial charge in [0.1, 0.15) is 5.75 Å². The van der Waals surface area contributed by atoms with E-state index in [0.717, 1.165) is 23.4 Å². The molecule has 0 spiro atoms. The molecule has 0 saturated heterocycles. The molecule has 1 N–H and O–H groups in total. The molecule has 1 aromatic carbocycles. The van der Waals surface area contributed by atoms with Crippen LogP contribution in [0.25, 0.3) is 0 Å². The van der Waals surface area contributed by atoms with Crippen LogP contribution in [0, 0.1) is 12.3 Å². The summed E-state index contributed by atoms with van der Waals surface area (Å²) in [5.74, 6) is 0.738. The highest BCUT2D eigenvalue weighted by Crippen LogP contribution is 2.27. The molecule has 0 radical (unpaired) electrons. The summed E-state index contributed by atoms with van der Waals surface area (Å²) in [6.45, 7) is 10.4. The number of nitrogens with one attached hydrogen (secondary N) is 1. The van der Waals surface area contributed by atoms with E-state index in [1.165, 1.54) is 0 Å². The van der Waals surface area contributed by atoms with E-state index < -0.39 is 5.41 Å². The van der Waals surface area contributed by atoms with Crippen molar-refractivity contribution in [3.8, 4) is 5.75 Å². The Morgan fingerprint density at radius 3 is 2.56 bits per heavy atom. The zero-order valence-electron chi connectivity index (χ0n) is 12.0. The lowest BCUT2D eigenvalue weighted by Gasteiger charge is -2.19. The summed E-state index contributed by atoms with van der Waals surface area (Å²) in [5, 5.41) is 2.92. The molecule has 0 bridgehead atoms. The summed E-state index contributed by atoms with van der Waals surface area (Å²) in [6, 6.07) is 5.81. The van der Waals surface area contributed by atoms with Gasteiger partial charge in [0.2, 0.25) is 5.91 Å². The number of amides is 1. The van der Waals surface area contributed by atoms with Crippen molar-refractivity contribution in [1.82, 2.24) is 0 Å². The van der Waals surface area contributed by atoms with E-state index in [9.17, 15) is 4.79 Å². The predicted molar refractivity (Wildman–Crippen MR) is 75.0 cm³/mol. The molecule has 0 heterocycles. The number of hydrogen-bond donors (Lipinski definition) is 1. The van der Waals surface area contributed by atoms with Crippen molar-refractivity contribution in [2.24, 2.45) is 5.41 Å². The summed E-state index contributed by atoms with van der Waals surface area (Å²) < 4.78 is 5.67. The monoisotopic (exact) mass is 249 g/mol. The van der Waals surface area contributed by atoms with Gasteiger partial charge in [-0.1, -0.05) is 33.8 Å². The van der Waals surface area contributed by atoms with Gasteiger partial charge in [-0.2, -0.15) is 0 Å². The van der Waals surface area contributed by atoms with Crippen LogP contribution in [-0.4, -0.2) is 12.5 Å². The molecule has 0 aromatic heterocycles. The van der Waals surface area contributed by atoms with Crippen LogP contribution >= 0.6 is 0 Å². The van der Waals surface area contributed by atoms with Crippen molar-refractivity contribution >= 4 is 11.6 Å². The molecule has 1 amide bonds. The van der Waals surface area contributed by atoms with Gasteiger partial charge in [0.05, 0.1) is 12.3 Å². The standard InChI is InChI=1S/C15H23NO2/c1-6-9-18-13-10-11(2)7-8-12(13)16-14(17)15(3,4)5/h7-8,10H,6,9H2,1-5H3,(H,16,17). The van der Waals surface area contributed by atoms with Crippen LogP contribution in [0.1, 0.15) is 39.7 Å². The second-order valence-electron chi connectivity index (χ2n) is 5.55. The lowest BCUT2D eigenvalue weighted by molar-refractivity contribution is -0.123. The Hall–Kier alpha value is -1.51. The number of anilines is 1. The van der Waals surface area contributed by atoms with Crippen molar-refractivity contribution in [2.75, 3.05) is 11.9 Å². The first-order valence-electron chi connectivity index (χ1n) is 6.39. The van der Waals surface area contributed by atoms with Crippen molar-refractivity contribution in [3.05, 3.63) is 23.8 Å². The van der Waals surface area contributed by atoms with Crippen LogP contribution in [-0.2, 0) is 4.79 Å². The van der Waals surface area contributed by atoms with Crippen molar-refractivity contribution in [2.45, 2.75) is 41.0 Å². The minimum absolute atomic E-state index is 0.00676. The van der Waals surface area contributed by atoms with Gasteiger partial charge in [0.15, 0.2) is 0 Å². The zero-order valence-corrected chi connectivity index (χ0v) is 12.0. The van der Waals surface area contributed by atoms with Crippen molar-refractivity contribution in [3.63, 3.8) is 0 Å². The Balaban J connectivity index is 2.90. The number of carbonyl (C=O) groups excluding carboxylic acids is 1. The van der Waals surface area contributed by atoms with Crippen LogP contribution in [0.5, 0.6) is 5.75 Å². The fraction of sp³-hybridized carbons (Fsp3) is 0.533. The molecule has 1 aromatic rings. The summed E-state index contributed by atoms with van der Waals surface area (Å²) in [7, 11) is 0. The van der Waals surface area contributed by atoms with Crippen LogP contribution in [0.3, 0.4) is 0 Å². The molecule has 100 valence electrons. The first-order chi connectivity index (χ1) is 8.34. The molecule has 0 aliphatic heterocycles. The van der Waals surface area contributed by atoms with E-state index in [2.05, 4.69) is 12.2 Å². The van der Waals surface area contributed by atoms with Gasteiger partial charge >= 0.3 is 0 Å². The lowest BCUT2D eigenvalue weighted by atomic mass is 9.95. The number of carbonyl (C=O) groups is 1. The number of hydrogen-bond acceptors (Lipinski definition) is 2. The smallest absolute Gasteiger partial charge is 0.229 e. The maximum atomic E-state index is 12.0. The maximum Gasteiger partial charge on any atom is 0.229 e. The van der Waals surface area contributed by atoms with E-state index in [1.807, 2.05) is 45.9 Å². The van der Waals surface area contributed by atoms with Gasteiger partial charge in [-0.05, 0) is 31.0 Å². The van der Waals surface area contributed by atoms with Crippen molar-refractivity contribution in [1.29, 1.82) is 0 Å². The summed E-state index contributed by atoms with van der Waals surface area (Å²) in [4.78, 5) is 12.0. The molecule has 3 heteroatoms. The van der Waals surface area contributed by atoms with Crippen LogP contribution in [0.4, 0.5) is 5.69 Å².